The van der Waals surface area contributed by atoms with E-state index in [1.54, 1.807) is 6.08 Å². The fourth-order valence-corrected chi connectivity index (χ4v) is 2.99. The third-order valence-corrected chi connectivity index (χ3v) is 3.43. The van der Waals surface area contributed by atoms with Gasteiger partial charge in [-0.2, -0.15) is 0 Å². The number of hydrogen-bond donors (Lipinski definition) is 1. The summed E-state index contributed by atoms with van der Waals surface area (Å²) in [6.45, 7) is 12.5. The Hall–Kier alpha value is -1.24. The fourth-order valence-electron chi connectivity index (χ4n) is 2.99. The number of aliphatic hydroxyl groups excluding tert-OH is 1. The van der Waals surface area contributed by atoms with E-state index in [0.717, 1.165) is 24.0 Å². The molecule has 0 aliphatic heterocycles. The van der Waals surface area contributed by atoms with E-state index in [0.29, 0.717) is 11.7 Å². The highest BCUT2D eigenvalue weighted by Gasteiger charge is 2.27. The Kier molecular flexibility index (Phi) is 5.01. The van der Waals surface area contributed by atoms with Crippen LogP contribution in [0.25, 0.3) is 0 Å². The first-order valence-corrected chi connectivity index (χ1v) is 6.76. The van der Waals surface area contributed by atoms with Gasteiger partial charge < -0.3 is 5.11 Å². The Labute approximate surface area is 112 Å². The van der Waals surface area contributed by atoms with Crippen LogP contribution in [0.5, 0.6) is 0 Å². The van der Waals surface area contributed by atoms with Crippen LogP contribution in [0.15, 0.2) is 47.8 Å². The van der Waals surface area contributed by atoms with Crippen LogP contribution >= 0.6 is 0 Å². The molecule has 0 aromatic rings. The Morgan fingerprint density at radius 1 is 1.39 bits per heavy atom. The second-order valence-electron chi connectivity index (χ2n) is 6.16. The molecule has 0 amide bonds. The van der Waals surface area contributed by atoms with Gasteiger partial charge in [-0.1, -0.05) is 51.7 Å². The van der Waals surface area contributed by atoms with E-state index in [1.807, 2.05) is 25.2 Å². The average Bonchev–Trinajstić information content (AvgIpc) is 2.24. The molecule has 0 saturated carbocycles. The predicted molar refractivity (Wildman–Crippen MR) is 79.5 cm³/mol. The largest absolute Gasteiger partial charge is 0.507 e. The van der Waals surface area contributed by atoms with Crippen molar-refractivity contribution in [2.75, 3.05) is 0 Å². The summed E-state index contributed by atoms with van der Waals surface area (Å²) in [4.78, 5) is 0. The van der Waals surface area contributed by atoms with Crippen molar-refractivity contribution in [3.63, 3.8) is 0 Å². The molecule has 1 aliphatic rings. The van der Waals surface area contributed by atoms with E-state index in [2.05, 4.69) is 27.4 Å². The van der Waals surface area contributed by atoms with Crippen LogP contribution in [-0.2, 0) is 0 Å². The van der Waals surface area contributed by atoms with Crippen molar-refractivity contribution < 1.29 is 5.11 Å². The molecule has 0 aromatic heterocycles. The quantitative estimate of drug-likeness (QED) is 0.698. The maximum absolute atomic E-state index is 10.5. The van der Waals surface area contributed by atoms with Gasteiger partial charge in [-0.05, 0) is 48.7 Å². The van der Waals surface area contributed by atoms with Crippen LogP contribution in [-0.4, -0.2) is 5.11 Å². The van der Waals surface area contributed by atoms with Crippen molar-refractivity contribution in [1.82, 2.24) is 0 Å². The van der Waals surface area contributed by atoms with Gasteiger partial charge >= 0.3 is 0 Å². The molecule has 0 radical (unpaired) electrons. The Morgan fingerprint density at radius 2 is 2.06 bits per heavy atom. The van der Waals surface area contributed by atoms with Gasteiger partial charge in [0.2, 0.25) is 0 Å². The van der Waals surface area contributed by atoms with Gasteiger partial charge in [0.05, 0.1) is 0 Å². The lowest BCUT2D eigenvalue weighted by molar-refractivity contribution is 0.258. The van der Waals surface area contributed by atoms with Gasteiger partial charge in [-0.25, -0.2) is 0 Å². The summed E-state index contributed by atoms with van der Waals surface area (Å²) in [5, 5.41) is 10.5. The highest BCUT2D eigenvalue weighted by molar-refractivity contribution is 5.38. The minimum Gasteiger partial charge on any atom is -0.507 e. The summed E-state index contributed by atoms with van der Waals surface area (Å²) in [5.41, 5.74) is 2.30. The van der Waals surface area contributed by atoms with Crippen molar-refractivity contribution in [2.24, 2.45) is 11.3 Å². The van der Waals surface area contributed by atoms with Crippen LogP contribution in [0.3, 0.4) is 0 Å². The molecule has 18 heavy (non-hydrogen) atoms. The lowest BCUT2D eigenvalue weighted by Crippen LogP contribution is -2.20. The number of hydrogen-bond acceptors (Lipinski definition) is 1. The molecule has 0 aromatic carbocycles. The zero-order chi connectivity index (χ0) is 13.8. The molecule has 0 heterocycles. The van der Waals surface area contributed by atoms with Crippen LogP contribution < -0.4 is 0 Å². The van der Waals surface area contributed by atoms with Crippen LogP contribution in [0.4, 0.5) is 0 Å². The van der Waals surface area contributed by atoms with Gasteiger partial charge in [-0.15, -0.1) is 0 Å². The number of rotatable bonds is 2. The lowest BCUT2D eigenvalue weighted by Gasteiger charge is -2.32. The first kappa shape index (κ1) is 14.8. The zero-order valence-corrected chi connectivity index (χ0v) is 12.2. The Balaban J connectivity index is 3.25. The summed E-state index contributed by atoms with van der Waals surface area (Å²) in [5.74, 6) is 1.04. The maximum Gasteiger partial charge on any atom is 0.121 e. The maximum atomic E-state index is 10.5. The molecular formula is C17H26O. The molecule has 0 fully saturated rings. The van der Waals surface area contributed by atoms with E-state index >= 15 is 0 Å². The summed E-state index contributed by atoms with van der Waals surface area (Å²) < 4.78 is 0. The molecule has 1 heteroatoms. The Bertz CT molecular complexity index is 394. The van der Waals surface area contributed by atoms with E-state index in [9.17, 15) is 5.11 Å². The Morgan fingerprint density at radius 3 is 2.61 bits per heavy atom. The van der Waals surface area contributed by atoms with E-state index < -0.39 is 0 Å². The third kappa shape index (κ3) is 3.90. The molecular weight excluding hydrogens is 220 g/mol. The smallest absolute Gasteiger partial charge is 0.121 e. The van der Waals surface area contributed by atoms with Crippen molar-refractivity contribution in [1.29, 1.82) is 0 Å². The second kappa shape index (κ2) is 6.08. The first-order chi connectivity index (χ1) is 8.39. The van der Waals surface area contributed by atoms with Gasteiger partial charge in [0.15, 0.2) is 0 Å². The van der Waals surface area contributed by atoms with Gasteiger partial charge in [-0.3, -0.25) is 0 Å². The van der Waals surface area contributed by atoms with Gasteiger partial charge in [0.1, 0.15) is 5.76 Å². The number of allylic oxidation sites excluding steroid dienone is 6. The van der Waals surface area contributed by atoms with Crippen molar-refractivity contribution in [3.05, 3.63) is 47.8 Å². The minimum atomic E-state index is 0.238. The fraction of sp³-hybridized carbons (Fsp3) is 0.529. The summed E-state index contributed by atoms with van der Waals surface area (Å²) in [7, 11) is 0. The second-order valence-corrected chi connectivity index (χ2v) is 6.16. The highest BCUT2D eigenvalue weighted by Crippen LogP contribution is 2.39. The van der Waals surface area contributed by atoms with Gasteiger partial charge in [0.25, 0.3) is 0 Å². The monoisotopic (exact) mass is 246 g/mol. The van der Waals surface area contributed by atoms with Crippen LogP contribution in [0.1, 0.15) is 47.0 Å². The molecule has 1 N–H and O–H groups in total. The molecule has 0 saturated heterocycles. The average molecular weight is 246 g/mol. The molecule has 1 rings (SSSR count). The highest BCUT2D eigenvalue weighted by atomic mass is 16.3. The molecule has 100 valence electrons. The standard InChI is InChI=1S/C17H26O/c1-6-8-14-10-13(3)11-17(4,5)12-15(9-7-2)16(14)18/h6-9,13,18H,1,10-12H2,2-5H3/b9-7+,14-8+,16-15+. The summed E-state index contributed by atoms with van der Waals surface area (Å²) >= 11 is 0. The molecule has 1 atom stereocenters. The zero-order valence-electron chi connectivity index (χ0n) is 12.2. The molecule has 1 unspecified atom stereocenters. The van der Waals surface area contributed by atoms with Crippen LogP contribution in [0, 0.1) is 11.3 Å². The van der Waals surface area contributed by atoms with E-state index in [4.69, 9.17) is 0 Å². The van der Waals surface area contributed by atoms with E-state index in [-0.39, 0.29) is 5.41 Å². The number of aliphatic hydroxyl groups is 1. The normalized spacial score (nSPS) is 31.3. The lowest BCUT2D eigenvalue weighted by atomic mass is 9.74. The minimum absolute atomic E-state index is 0.238. The van der Waals surface area contributed by atoms with E-state index in [1.165, 1.54) is 6.42 Å². The molecule has 1 aliphatic carbocycles. The third-order valence-electron chi connectivity index (χ3n) is 3.43. The first-order valence-electron chi connectivity index (χ1n) is 6.76. The molecule has 1 nitrogen and oxygen atoms in total. The summed E-state index contributed by atoms with van der Waals surface area (Å²) in [6.07, 6.45) is 10.7. The summed E-state index contributed by atoms with van der Waals surface area (Å²) in [6, 6.07) is 0. The van der Waals surface area contributed by atoms with Gasteiger partial charge in [0, 0.05) is 0 Å². The van der Waals surface area contributed by atoms with Crippen molar-refractivity contribution >= 4 is 0 Å². The van der Waals surface area contributed by atoms with Crippen LogP contribution in [0.2, 0.25) is 0 Å². The molecule has 0 bridgehead atoms. The topological polar surface area (TPSA) is 20.2 Å². The predicted octanol–water partition coefficient (Wildman–Crippen LogP) is 5.33. The SMILES string of the molecule is C=C/C=C1CC(C)CC(C)(C)CC(/C=C/C)=C\1O. The van der Waals surface area contributed by atoms with Crippen molar-refractivity contribution in [2.45, 2.75) is 47.0 Å². The molecule has 0 spiro atoms. The van der Waals surface area contributed by atoms with Crippen molar-refractivity contribution in [3.8, 4) is 0 Å².